The van der Waals surface area contributed by atoms with Crippen LogP contribution in [-0.2, 0) is 16.0 Å². The zero-order valence-corrected chi connectivity index (χ0v) is 20.0. The van der Waals surface area contributed by atoms with Crippen molar-refractivity contribution < 1.29 is 14.3 Å². The molecule has 0 unspecified atom stereocenters. The largest absolute Gasteiger partial charge is 0.424 e. The molecule has 1 aliphatic carbocycles. The molecule has 1 amide bonds. The van der Waals surface area contributed by atoms with E-state index in [-0.39, 0.29) is 16.5 Å². The standard InChI is InChI=1S/C26H24Cl2N2O3/c1-3-17-12-16(14-29)13-20(28)21(17)22-23(33-25(32)18-4-6-19(27)7-5-18)26(30-24(22)31)10-8-15(2)9-11-26/h4-7,12-13,15H,3,8-11H2,1-2H3,(H,30,31). The van der Waals surface area contributed by atoms with Gasteiger partial charge >= 0.3 is 5.97 Å². The van der Waals surface area contributed by atoms with Gasteiger partial charge in [-0.3, -0.25) is 4.79 Å². The Hall–Kier alpha value is -2.81. The summed E-state index contributed by atoms with van der Waals surface area (Å²) in [6.07, 6.45) is 3.70. The zero-order chi connectivity index (χ0) is 23.8. The van der Waals surface area contributed by atoms with Crippen molar-refractivity contribution in [3.8, 4) is 6.07 Å². The summed E-state index contributed by atoms with van der Waals surface area (Å²) in [6, 6.07) is 11.8. The first-order chi connectivity index (χ1) is 15.8. The van der Waals surface area contributed by atoms with Gasteiger partial charge in [0, 0.05) is 10.6 Å². The molecule has 1 aliphatic heterocycles. The Balaban J connectivity index is 1.88. The van der Waals surface area contributed by atoms with E-state index in [9.17, 15) is 14.9 Å². The molecule has 1 heterocycles. The molecule has 0 aromatic heterocycles. The number of carbonyl (C=O) groups excluding carboxylic acids is 2. The maximum atomic E-state index is 13.4. The van der Waals surface area contributed by atoms with Crippen LogP contribution in [0, 0.1) is 17.2 Å². The Bertz CT molecular complexity index is 1190. The third-order valence-electron chi connectivity index (χ3n) is 6.58. The minimum atomic E-state index is -0.761. The molecule has 170 valence electrons. The van der Waals surface area contributed by atoms with Crippen molar-refractivity contribution in [1.29, 1.82) is 5.26 Å². The van der Waals surface area contributed by atoms with Crippen molar-refractivity contribution in [2.75, 3.05) is 0 Å². The van der Waals surface area contributed by atoms with Crippen molar-refractivity contribution in [3.05, 3.63) is 74.5 Å². The van der Waals surface area contributed by atoms with Gasteiger partial charge in [0.15, 0.2) is 0 Å². The minimum absolute atomic E-state index is 0.276. The van der Waals surface area contributed by atoms with E-state index in [4.69, 9.17) is 27.9 Å². The van der Waals surface area contributed by atoms with Crippen molar-refractivity contribution >= 4 is 40.7 Å². The fourth-order valence-electron chi connectivity index (χ4n) is 4.69. The summed E-state index contributed by atoms with van der Waals surface area (Å²) in [5.41, 5.74) is 1.55. The number of nitrogens with one attached hydrogen (secondary N) is 1. The molecule has 1 spiro atoms. The number of ether oxygens (including phenoxy) is 1. The molecule has 7 heteroatoms. The summed E-state index contributed by atoms with van der Waals surface area (Å²) in [6.45, 7) is 4.11. The lowest BCUT2D eigenvalue weighted by Crippen LogP contribution is -2.47. The SMILES string of the molecule is CCc1cc(C#N)cc(Cl)c1C1=C(OC(=O)c2ccc(Cl)cc2)C2(CCC(C)CC2)NC1=O. The molecule has 1 fully saturated rings. The highest BCUT2D eigenvalue weighted by atomic mass is 35.5. The van der Waals surface area contributed by atoms with E-state index in [2.05, 4.69) is 18.3 Å². The highest BCUT2D eigenvalue weighted by molar-refractivity contribution is 6.36. The molecule has 0 radical (unpaired) electrons. The van der Waals surface area contributed by atoms with Crippen molar-refractivity contribution in [3.63, 3.8) is 0 Å². The molecule has 0 saturated heterocycles. The number of benzene rings is 2. The Morgan fingerprint density at radius 3 is 2.48 bits per heavy atom. The lowest BCUT2D eigenvalue weighted by atomic mass is 9.76. The summed E-state index contributed by atoms with van der Waals surface area (Å²) >= 11 is 12.6. The molecule has 1 N–H and O–H groups in total. The molecule has 4 rings (SSSR count). The van der Waals surface area contributed by atoms with Gasteiger partial charge in [0.25, 0.3) is 5.91 Å². The summed E-state index contributed by atoms with van der Waals surface area (Å²) in [5.74, 6) is -0.0311. The third-order valence-corrected chi connectivity index (χ3v) is 7.13. The van der Waals surface area contributed by atoms with E-state index < -0.39 is 11.5 Å². The Labute approximate surface area is 203 Å². The van der Waals surface area contributed by atoms with E-state index in [0.29, 0.717) is 52.7 Å². The fraction of sp³-hybridized carbons (Fsp3) is 0.346. The second kappa shape index (κ2) is 9.21. The van der Waals surface area contributed by atoms with Crippen LogP contribution < -0.4 is 5.32 Å². The number of carbonyl (C=O) groups is 2. The topological polar surface area (TPSA) is 79.2 Å². The lowest BCUT2D eigenvalue weighted by molar-refractivity contribution is -0.116. The van der Waals surface area contributed by atoms with E-state index >= 15 is 0 Å². The molecule has 2 aliphatic rings. The average Bonchev–Trinajstić information content (AvgIpc) is 3.06. The van der Waals surface area contributed by atoms with Gasteiger partial charge in [-0.05, 0) is 80.0 Å². The molecule has 5 nitrogen and oxygen atoms in total. The monoisotopic (exact) mass is 482 g/mol. The van der Waals surface area contributed by atoms with E-state index in [0.717, 1.165) is 18.4 Å². The predicted octanol–water partition coefficient (Wildman–Crippen LogP) is 6.07. The second-order valence-corrected chi connectivity index (χ2v) is 9.62. The van der Waals surface area contributed by atoms with Gasteiger partial charge in [0.05, 0.1) is 33.3 Å². The number of hydrogen-bond acceptors (Lipinski definition) is 4. The number of amides is 1. The average molecular weight is 483 g/mol. The Morgan fingerprint density at radius 2 is 1.88 bits per heavy atom. The number of esters is 1. The van der Waals surface area contributed by atoms with Crippen molar-refractivity contribution in [1.82, 2.24) is 5.32 Å². The molecule has 2 aromatic rings. The first-order valence-electron chi connectivity index (χ1n) is 11.1. The quantitative estimate of drug-likeness (QED) is 0.535. The zero-order valence-electron chi connectivity index (χ0n) is 18.5. The van der Waals surface area contributed by atoms with Gasteiger partial charge < -0.3 is 10.1 Å². The van der Waals surface area contributed by atoms with E-state index in [1.165, 1.54) is 0 Å². The van der Waals surface area contributed by atoms with Crippen LogP contribution in [0.5, 0.6) is 0 Å². The van der Waals surface area contributed by atoms with E-state index in [1.54, 1.807) is 36.4 Å². The van der Waals surface area contributed by atoms with Crippen LogP contribution in [0.2, 0.25) is 10.0 Å². The summed E-state index contributed by atoms with van der Waals surface area (Å²) in [7, 11) is 0. The first-order valence-corrected chi connectivity index (χ1v) is 11.8. The van der Waals surface area contributed by atoms with Crippen LogP contribution in [0.15, 0.2) is 42.2 Å². The van der Waals surface area contributed by atoms with Crippen LogP contribution in [0.1, 0.15) is 66.6 Å². The predicted molar refractivity (Wildman–Crippen MR) is 128 cm³/mol. The lowest BCUT2D eigenvalue weighted by Gasteiger charge is -2.37. The molecule has 0 atom stereocenters. The number of rotatable bonds is 4. The van der Waals surface area contributed by atoms with Gasteiger partial charge in [-0.2, -0.15) is 5.26 Å². The highest BCUT2D eigenvalue weighted by Crippen LogP contribution is 2.46. The van der Waals surface area contributed by atoms with Crippen molar-refractivity contribution in [2.45, 2.75) is 51.5 Å². The van der Waals surface area contributed by atoms with Gasteiger partial charge in [-0.15, -0.1) is 0 Å². The number of nitriles is 1. The van der Waals surface area contributed by atoms with Gasteiger partial charge in [-0.25, -0.2) is 4.79 Å². The number of aryl methyl sites for hydroxylation is 1. The summed E-state index contributed by atoms with van der Waals surface area (Å²) in [5, 5.41) is 13.3. The number of halogens is 2. The van der Waals surface area contributed by atoms with Gasteiger partial charge in [0.1, 0.15) is 5.76 Å². The van der Waals surface area contributed by atoms with Gasteiger partial charge in [0.2, 0.25) is 0 Å². The second-order valence-electron chi connectivity index (χ2n) is 8.78. The van der Waals surface area contributed by atoms with Gasteiger partial charge in [-0.1, -0.05) is 37.0 Å². The molecule has 1 saturated carbocycles. The van der Waals surface area contributed by atoms with Crippen LogP contribution in [0.4, 0.5) is 0 Å². The van der Waals surface area contributed by atoms with Crippen LogP contribution in [0.25, 0.3) is 5.57 Å². The van der Waals surface area contributed by atoms with Crippen LogP contribution in [-0.4, -0.2) is 17.4 Å². The van der Waals surface area contributed by atoms with E-state index in [1.807, 2.05) is 6.92 Å². The molecular weight excluding hydrogens is 459 g/mol. The highest BCUT2D eigenvalue weighted by Gasteiger charge is 2.50. The number of hydrogen-bond donors (Lipinski definition) is 1. The summed E-state index contributed by atoms with van der Waals surface area (Å²) in [4.78, 5) is 26.5. The minimum Gasteiger partial charge on any atom is -0.424 e. The smallest absolute Gasteiger partial charge is 0.343 e. The molecule has 2 aromatic carbocycles. The molecular formula is C26H24Cl2N2O3. The Morgan fingerprint density at radius 1 is 1.21 bits per heavy atom. The fourth-order valence-corrected chi connectivity index (χ4v) is 5.15. The van der Waals surface area contributed by atoms with Crippen LogP contribution >= 0.6 is 23.2 Å². The normalized spacial score (nSPS) is 22.3. The molecule has 0 bridgehead atoms. The van der Waals surface area contributed by atoms with Crippen LogP contribution in [0.3, 0.4) is 0 Å². The maximum Gasteiger partial charge on any atom is 0.343 e. The third kappa shape index (κ3) is 4.38. The molecule has 33 heavy (non-hydrogen) atoms. The number of nitrogens with zero attached hydrogens (tertiary/aromatic N) is 1. The Kier molecular flexibility index (Phi) is 6.52. The first kappa shape index (κ1) is 23.4. The maximum absolute atomic E-state index is 13.4. The summed E-state index contributed by atoms with van der Waals surface area (Å²) < 4.78 is 6.00. The van der Waals surface area contributed by atoms with Crippen molar-refractivity contribution in [2.24, 2.45) is 5.92 Å².